The molecule has 1 aromatic heterocycles. The maximum atomic E-state index is 11.0. The normalized spacial score (nSPS) is 12.6. The van der Waals surface area contributed by atoms with Crippen LogP contribution in [0.2, 0.25) is 0 Å². The lowest BCUT2D eigenvalue weighted by atomic mass is 10.1. The van der Waals surface area contributed by atoms with Crippen molar-refractivity contribution in [2.45, 2.75) is 25.4 Å². The van der Waals surface area contributed by atoms with Gasteiger partial charge in [0.25, 0.3) is 0 Å². The lowest BCUT2D eigenvalue weighted by Crippen LogP contribution is -2.21. The number of aromatic nitrogens is 1. The highest BCUT2D eigenvalue weighted by Gasteiger charge is 2.14. The van der Waals surface area contributed by atoms with Gasteiger partial charge in [-0.25, -0.2) is 4.79 Å². The number of aliphatic hydroxyl groups excluding tert-OH is 1. The standard InChI is InChI=1S/C14H17NO3/c1-18-14(17)13(16)8-4-5-10-9-15-12-7-3-2-6-11(10)12/h2-3,6-7,9,13,15-16H,4-5,8H2,1H3. The van der Waals surface area contributed by atoms with Gasteiger partial charge in [-0.2, -0.15) is 0 Å². The van der Waals surface area contributed by atoms with Gasteiger partial charge in [-0.1, -0.05) is 18.2 Å². The van der Waals surface area contributed by atoms with E-state index in [2.05, 4.69) is 15.8 Å². The molecule has 0 spiro atoms. The molecule has 1 atom stereocenters. The Morgan fingerprint density at radius 3 is 3.00 bits per heavy atom. The van der Waals surface area contributed by atoms with E-state index in [1.807, 2.05) is 24.4 Å². The van der Waals surface area contributed by atoms with Crippen LogP contribution < -0.4 is 0 Å². The number of aliphatic hydroxyl groups is 1. The molecule has 2 N–H and O–H groups in total. The number of aryl methyl sites for hydroxylation is 1. The highest BCUT2D eigenvalue weighted by molar-refractivity contribution is 5.83. The van der Waals surface area contributed by atoms with Crippen molar-refractivity contribution >= 4 is 16.9 Å². The van der Waals surface area contributed by atoms with E-state index in [0.29, 0.717) is 6.42 Å². The molecule has 0 amide bonds. The van der Waals surface area contributed by atoms with Gasteiger partial charge in [0.2, 0.25) is 0 Å². The molecule has 1 unspecified atom stereocenters. The Bertz CT molecular complexity index is 533. The first-order valence-corrected chi connectivity index (χ1v) is 6.03. The quantitative estimate of drug-likeness (QED) is 0.795. The molecule has 4 heteroatoms. The van der Waals surface area contributed by atoms with Gasteiger partial charge in [0.1, 0.15) is 0 Å². The molecule has 0 bridgehead atoms. The average Bonchev–Trinajstić information content (AvgIpc) is 2.81. The summed E-state index contributed by atoms with van der Waals surface area (Å²) < 4.78 is 4.47. The van der Waals surface area contributed by atoms with Crippen LogP contribution >= 0.6 is 0 Å². The minimum absolute atomic E-state index is 0.423. The number of fused-ring (bicyclic) bond motifs is 1. The Kier molecular flexibility index (Phi) is 3.99. The van der Waals surface area contributed by atoms with Crippen molar-refractivity contribution in [1.82, 2.24) is 4.98 Å². The first-order chi connectivity index (χ1) is 8.72. The Balaban J connectivity index is 1.93. The third kappa shape index (κ3) is 2.71. The molecular weight excluding hydrogens is 230 g/mol. The fourth-order valence-corrected chi connectivity index (χ4v) is 2.08. The van der Waals surface area contributed by atoms with Gasteiger partial charge in [-0.15, -0.1) is 0 Å². The van der Waals surface area contributed by atoms with Crippen LogP contribution in [0.3, 0.4) is 0 Å². The van der Waals surface area contributed by atoms with E-state index in [9.17, 15) is 9.90 Å². The van der Waals surface area contributed by atoms with Crippen molar-refractivity contribution in [3.63, 3.8) is 0 Å². The molecule has 0 aliphatic heterocycles. The lowest BCUT2D eigenvalue weighted by Gasteiger charge is -2.07. The van der Waals surface area contributed by atoms with Crippen LogP contribution in [0.4, 0.5) is 0 Å². The minimum Gasteiger partial charge on any atom is -0.467 e. The predicted octanol–water partition coefficient (Wildman–Crippen LogP) is 2.02. The second kappa shape index (κ2) is 5.69. The lowest BCUT2D eigenvalue weighted by molar-refractivity contribution is -0.150. The van der Waals surface area contributed by atoms with E-state index in [4.69, 9.17) is 0 Å². The molecule has 0 radical (unpaired) electrons. The number of aromatic amines is 1. The number of hydrogen-bond acceptors (Lipinski definition) is 3. The summed E-state index contributed by atoms with van der Waals surface area (Å²) in [7, 11) is 1.28. The van der Waals surface area contributed by atoms with E-state index in [1.165, 1.54) is 18.1 Å². The van der Waals surface area contributed by atoms with Gasteiger partial charge in [-0.3, -0.25) is 0 Å². The number of esters is 1. The van der Waals surface area contributed by atoms with Gasteiger partial charge < -0.3 is 14.8 Å². The van der Waals surface area contributed by atoms with E-state index in [1.54, 1.807) is 0 Å². The maximum absolute atomic E-state index is 11.0. The topological polar surface area (TPSA) is 62.3 Å². The van der Waals surface area contributed by atoms with Gasteiger partial charge in [0.05, 0.1) is 7.11 Å². The number of H-pyrrole nitrogens is 1. The van der Waals surface area contributed by atoms with Crippen molar-refractivity contribution in [3.05, 3.63) is 36.0 Å². The summed E-state index contributed by atoms with van der Waals surface area (Å²) in [6.07, 6.45) is 2.97. The molecule has 1 aromatic carbocycles. The minimum atomic E-state index is -1.01. The Hall–Kier alpha value is -1.81. The number of nitrogens with one attached hydrogen (secondary N) is 1. The molecule has 2 rings (SSSR count). The van der Waals surface area contributed by atoms with Crippen molar-refractivity contribution in [2.24, 2.45) is 0 Å². The highest BCUT2D eigenvalue weighted by Crippen LogP contribution is 2.19. The van der Waals surface area contributed by atoms with Gasteiger partial charge in [0, 0.05) is 17.1 Å². The van der Waals surface area contributed by atoms with E-state index in [-0.39, 0.29) is 0 Å². The molecule has 0 aliphatic carbocycles. The Morgan fingerprint density at radius 2 is 2.22 bits per heavy atom. The summed E-state index contributed by atoms with van der Waals surface area (Å²) in [6, 6.07) is 8.09. The summed E-state index contributed by atoms with van der Waals surface area (Å²) in [4.78, 5) is 14.2. The van der Waals surface area contributed by atoms with Crippen LogP contribution in [0.15, 0.2) is 30.5 Å². The largest absolute Gasteiger partial charge is 0.467 e. The molecule has 18 heavy (non-hydrogen) atoms. The van der Waals surface area contributed by atoms with Crippen molar-refractivity contribution in [2.75, 3.05) is 7.11 Å². The maximum Gasteiger partial charge on any atom is 0.334 e. The SMILES string of the molecule is COC(=O)C(O)CCCc1c[nH]c2ccccc12. The zero-order valence-corrected chi connectivity index (χ0v) is 10.3. The Morgan fingerprint density at radius 1 is 1.44 bits per heavy atom. The number of ether oxygens (including phenoxy) is 1. The van der Waals surface area contributed by atoms with Gasteiger partial charge in [0.15, 0.2) is 6.10 Å². The number of carbonyl (C=O) groups excluding carboxylic acids is 1. The molecule has 2 aromatic rings. The van der Waals surface area contributed by atoms with Crippen molar-refractivity contribution in [1.29, 1.82) is 0 Å². The monoisotopic (exact) mass is 247 g/mol. The second-order valence-corrected chi connectivity index (χ2v) is 4.29. The molecule has 1 heterocycles. The zero-order chi connectivity index (χ0) is 13.0. The molecule has 96 valence electrons. The average molecular weight is 247 g/mol. The third-order valence-corrected chi connectivity index (χ3v) is 3.07. The summed E-state index contributed by atoms with van der Waals surface area (Å²) in [5.74, 6) is -0.561. The third-order valence-electron chi connectivity index (χ3n) is 3.07. The zero-order valence-electron chi connectivity index (χ0n) is 10.3. The fourth-order valence-electron chi connectivity index (χ4n) is 2.08. The first kappa shape index (κ1) is 12.6. The highest BCUT2D eigenvalue weighted by atomic mass is 16.5. The van der Waals surface area contributed by atoms with Crippen LogP contribution in [-0.2, 0) is 16.0 Å². The second-order valence-electron chi connectivity index (χ2n) is 4.29. The van der Waals surface area contributed by atoms with E-state index >= 15 is 0 Å². The fraction of sp³-hybridized carbons (Fsp3) is 0.357. The summed E-state index contributed by atoms with van der Waals surface area (Å²) in [6.45, 7) is 0. The van der Waals surface area contributed by atoms with Crippen LogP contribution in [0.25, 0.3) is 10.9 Å². The molecule has 0 fully saturated rings. The summed E-state index contributed by atoms with van der Waals surface area (Å²) in [5.41, 5.74) is 2.32. The smallest absolute Gasteiger partial charge is 0.334 e. The number of benzene rings is 1. The number of rotatable bonds is 5. The Labute approximate surface area is 106 Å². The number of para-hydroxylation sites is 1. The molecular formula is C14H17NO3. The van der Waals surface area contributed by atoms with Crippen molar-refractivity contribution in [3.8, 4) is 0 Å². The number of methoxy groups -OCH3 is 1. The number of hydrogen-bond donors (Lipinski definition) is 2. The van der Waals surface area contributed by atoms with Gasteiger partial charge in [-0.05, 0) is 30.9 Å². The van der Waals surface area contributed by atoms with Crippen LogP contribution in [0.1, 0.15) is 18.4 Å². The predicted molar refractivity (Wildman–Crippen MR) is 69.3 cm³/mol. The van der Waals surface area contributed by atoms with E-state index < -0.39 is 12.1 Å². The summed E-state index contributed by atoms with van der Waals surface area (Å²) in [5, 5.41) is 10.7. The molecule has 0 saturated heterocycles. The van der Waals surface area contributed by atoms with Gasteiger partial charge >= 0.3 is 5.97 Å². The van der Waals surface area contributed by atoms with Crippen LogP contribution in [0, 0.1) is 0 Å². The van der Waals surface area contributed by atoms with Crippen LogP contribution in [0.5, 0.6) is 0 Å². The van der Waals surface area contributed by atoms with E-state index in [0.717, 1.165) is 18.4 Å². The molecule has 4 nitrogen and oxygen atoms in total. The number of carbonyl (C=O) groups is 1. The molecule has 0 saturated carbocycles. The van der Waals surface area contributed by atoms with Crippen molar-refractivity contribution < 1.29 is 14.6 Å². The molecule has 0 aliphatic rings. The van der Waals surface area contributed by atoms with Crippen LogP contribution in [-0.4, -0.2) is 29.3 Å². The first-order valence-electron chi connectivity index (χ1n) is 6.03. The summed E-state index contributed by atoms with van der Waals surface area (Å²) >= 11 is 0.